The van der Waals surface area contributed by atoms with Crippen LogP contribution in [0.15, 0.2) is 0 Å². The molecular formula is C13H27N. The zero-order valence-electron chi connectivity index (χ0n) is 10.4. The maximum Gasteiger partial charge on any atom is 0.00984 e. The second kappa shape index (κ2) is 5.75. The Labute approximate surface area is 89.9 Å². The molecule has 0 spiro atoms. The lowest BCUT2D eigenvalue weighted by molar-refractivity contribution is 0.128. The van der Waals surface area contributed by atoms with Crippen LogP contribution in [0.25, 0.3) is 0 Å². The van der Waals surface area contributed by atoms with Crippen molar-refractivity contribution in [2.75, 3.05) is 13.1 Å². The summed E-state index contributed by atoms with van der Waals surface area (Å²) in [4.78, 5) is 2.71. The van der Waals surface area contributed by atoms with E-state index >= 15 is 0 Å². The molecule has 2 rings (SSSR count). The molecule has 0 amide bonds. The van der Waals surface area contributed by atoms with Crippen LogP contribution in [-0.2, 0) is 0 Å². The van der Waals surface area contributed by atoms with Gasteiger partial charge in [0.25, 0.3) is 0 Å². The van der Waals surface area contributed by atoms with Gasteiger partial charge in [0.05, 0.1) is 0 Å². The molecule has 14 heavy (non-hydrogen) atoms. The lowest BCUT2D eigenvalue weighted by Gasteiger charge is -2.36. The molecule has 0 N–H and O–H groups in total. The van der Waals surface area contributed by atoms with Crippen molar-refractivity contribution < 1.29 is 0 Å². The Morgan fingerprint density at radius 3 is 2.43 bits per heavy atom. The number of fused-ring (bicyclic) bond motifs is 1. The van der Waals surface area contributed by atoms with E-state index in [0.29, 0.717) is 0 Å². The summed E-state index contributed by atoms with van der Waals surface area (Å²) in [5, 5.41) is 0. The first kappa shape index (κ1) is 12.0. The van der Waals surface area contributed by atoms with Gasteiger partial charge in [-0.25, -0.2) is 0 Å². The molecule has 2 unspecified atom stereocenters. The minimum atomic E-state index is 0.910. The molecule has 0 aliphatic carbocycles. The fourth-order valence-electron chi connectivity index (χ4n) is 2.86. The van der Waals surface area contributed by atoms with Crippen LogP contribution < -0.4 is 0 Å². The number of hydrogen-bond acceptors (Lipinski definition) is 1. The van der Waals surface area contributed by atoms with Crippen molar-refractivity contribution in [2.24, 2.45) is 11.8 Å². The molecule has 2 atom stereocenters. The summed E-state index contributed by atoms with van der Waals surface area (Å²) in [6.07, 6.45) is 5.87. The summed E-state index contributed by atoms with van der Waals surface area (Å²) in [6, 6.07) is 0.964. The third-order valence-electron chi connectivity index (χ3n) is 3.80. The van der Waals surface area contributed by atoms with Crippen LogP contribution in [0.3, 0.4) is 0 Å². The number of nitrogens with zero attached hydrogens (tertiary/aromatic N) is 1. The average molecular weight is 197 g/mol. The average Bonchev–Trinajstić information content (AvgIpc) is 2.67. The molecule has 1 nitrogen and oxygen atoms in total. The van der Waals surface area contributed by atoms with Gasteiger partial charge in [-0.2, -0.15) is 0 Å². The van der Waals surface area contributed by atoms with Gasteiger partial charge >= 0.3 is 0 Å². The minimum absolute atomic E-state index is 0.910. The second-order valence-electron chi connectivity index (χ2n) is 4.86. The van der Waals surface area contributed by atoms with Crippen LogP contribution in [0.2, 0.25) is 0 Å². The van der Waals surface area contributed by atoms with Gasteiger partial charge in [-0.3, -0.25) is 0 Å². The van der Waals surface area contributed by atoms with Gasteiger partial charge in [-0.15, -0.1) is 0 Å². The fourth-order valence-corrected chi connectivity index (χ4v) is 2.86. The van der Waals surface area contributed by atoms with Crippen LogP contribution in [0, 0.1) is 11.8 Å². The van der Waals surface area contributed by atoms with Crippen molar-refractivity contribution in [2.45, 2.75) is 59.4 Å². The highest BCUT2D eigenvalue weighted by Crippen LogP contribution is 2.33. The quantitative estimate of drug-likeness (QED) is 0.621. The highest BCUT2D eigenvalue weighted by molar-refractivity contribution is 4.86. The van der Waals surface area contributed by atoms with Crippen molar-refractivity contribution in [3.05, 3.63) is 0 Å². The van der Waals surface area contributed by atoms with Crippen LogP contribution in [0.1, 0.15) is 53.4 Å². The Bertz CT molecular complexity index is 153. The Balaban J connectivity index is 0.000000461. The first-order valence-electron chi connectivity index (χ1n) is 6.51. The lowest BCUT2D eigenvalue weighted by atomic mass is 9.83. The van der Waals surface area contributed by atoms with Gasteiger partial charge in [0.1, 0.15) is 0 Å². The summed E-state index contributed by atoms with van der Waals surface area (Å²) in [5.41, 5.74) is 0. The molecule has 0 aromatic carbocycles. The maximum absolute atomic E-state index is 2.71. The SMILES string of the molecule is CC.CC(C)C1CCN2CCCC2C1. The molecule has 0 radical (unpaired) electrons. The van der Waals surface area contributed by atoms with Gasteiger partial charge in [0, 0.05) is 6.04 Å². The second-order valence-corrected chi connectivity index (χ2v) is 4.86. The molecule has 2 aliphatic heterocycles. The molecule has 0 aromatic heterocycles. The van der Waals surface area contributed by atoms with E-state index < -0.39 is 0 Å². The first-order chi connectivity index (χ1) is 6.77. The van der Waals surface area contributed by atoms with Crippen LogP contribution in [-0.4, -0.2) is 24.0 Å². The number of rotatable bonds is 1. The largest absolute Gasteiger partial charge is 0.300 e. The zero-order valence-corrected chi connectivity index (χ0v) is 10.4. The summed E-state index contributed by atoms with van der Waals surface area (Å²) in [7, 11) is 0. The van der Waals surface area contributed by atoms with Gasteiger partial charge in [-0.05, 0) is 50.6 Å². The standard InChI is InChI=1S/C11H21N.C2H6/c1-9(2)10-5-7-12-6-3-4-11(12)8-10;1-2/h9-11H,3-8H2,1-2H3;1-2H3. The summed E-state index contributed by atoms with van der Waals surface area (Å²) < 4.78 is 0. The smallest absolute Gasteiger partial charge is 0.00984 e. The third kappa shape index (κ3) is 2.73. The molecule has 2 heterocycles. The molecule has 0 bridgehead atoms. The van der Waals surface area contributed by atoms with Gasteiger partial charge in [0.2, 0.25) is 0 Å². The van der Waals surface area contributed by atoms with Crippen molar-refractivity contribution in [3.63, 3.8) is 0 Å². The van der Waals surface area contributed by atoms with Crippen LogP contribution in [0.5, 0.6) is 0 Å². The summed E-state index contributed by atoms with van der Waals surface area (Å²) >= 11 is 0. The Morgan fingerprint density at radius 2 is 1.79 bits per heavy atom. The van der Waals surface area contributed by atoms with E-state index in [0.717, 1.165) is 17.9 Å². The van der Waals surface area contributed by atoms with Crippen molar-refractivity contribution in [3.8, 4) is 0 Å². The van der Waals surface area contributed by atoms with Crippen molar-refractivity contribution in [1.29, 1.82) is 0 Å². The van der Waals surface area contributed by atoms with Gasteiger partial charge in [-0.1, -0.05) is 27.7 Å². The summed E-state index contributed by atoms with van der Waals surface area (Å²) in [5.74, 6) is 1.93. The van der Waals surface area contributed by atoms with E-state index in [9.17, 15) is 0 Å². The topological polar surface area (TPSA) is 3.24 Å². The monoisotopic (exact) mass is 197 g/mol. The van der Waals surface area contributed by atoms with E-state index in [-0.39, 0.29) is 0 Å². The van der Waals surface area contributed by atoms with E-state index in [1.807, 2.05) is 13.8 Å². The molecule has 2 aliphatic rings. The molecule has 2 fully saturated rings. The molecule has 2 saturated heterocycles. The van der Waals surface area contributed by atoms with Crippen LogP contribution in [0.4, 0.5) is 0 Å². The molecular weight excluding hydrogens is 170 g/mol. The molecule has 0 saturated carbocycles. The van der Waals surface area contributed by atoms with Crippen molar-refractivity contribution in [1.82, 2.24) is 4.90 Å². The lowest BCUT2D eigenvalue weighted by Crippen LogP contribution is -2.39. The van der Waals surface area contributed by atoms with E-state index in [1.165, 1.54) is 38.8 Å². The van der Waals surface area contributed by atoms with Crippen molar-refractivity contribution >= 4 is 0 Å². The normalized spacial score (nSPS) is 32.4. The number of piperidine rings is 1. The molecule has 0 aromatic rings. The predicted octanol–water partition coefficient (Wildman–Crippen LogP) is 3.54. The predicted molar refractivity (Wildman–Crippen MR) is 63.5 cm³/mol. The highest BCUT2D eigenvalue weighted by atomic mass is 15.2. The maximum atomic E-state index is 2.71. The first-order valence-corrected chi connectivity index (χ1v) is 6.51. The minimum Gasteiger partial charge on any atom is -0.300 e. The Hall–Kier alpha value is -0.0400. The highest BCUT2D eigenvalue weighted by Gasteiger charge is 2.32. The van der Waals surface area contributed by atoms with Gasteiger partial charge < -0.3 is 4.90 Å². The van der Waals surface area contributed by atoms with Crippen LogP contribution >= 0.6 is 0 Å². The molecule has 1 heteroatoms. The fraction of sp³-hybridized carbons (Fsp3) is 1.00. The summed E-state index contributed by atoms with van der Waals surface area (Å²) in [6.45, 7) is 11.5. The molecule has 84 valence electrons. The van der Waals surface area contributed by atoms with Gasteiger partial charge in [0.15, 0.2) is 0 Å². The van der Waals surface area contributed by atoms with E-state index in [4.69, 9.17) is 0 Å². The Kier molecular flexibility index (Phi) is 4.94. The zero-order chi connectivity index (χ0) is 10.6. The third-order valence-corrected chi connectivity index (χ3v) is 3.80. The van der Waals surface area contributed by atoms with E-state index in [1.54, 1.807) is 0 Å². The Morgan fingerprint density at radius 1 is 1.07 bits per heavy atom. The number of hydrogen-bond donors (Lipinski definition) is 0. The van der Waals surface area contributed by atoms with E-state index in [2.05, 4.69) is 18.7 Å².